The maximum atomic E-state index is 12.3. The molecule has 0 aliphatic rings. The highest BCUT2D eigenvalue weighted by Gasteiger charge is 2.19. The van der Waals surface area contributed by atoms with Crippen molar-refractivity contribution in [3.8, 4) is 11.1 Å². The smallest absolute Gasteiger partial charge is 0.344 e. The first-order valence-electron chi connectivity index (χ1n) is 9.93. The zero-order valence-corrected chi connectivity index (χ0v) is 17.1. The first-order valence-corrected chi connectivity index (χ1v) is 9.93. The minimum atomic E-state index is -0.554. The Balaban J connectivity index is 1.84. The van der Waals surface area contributed by atoms with Crippen LogP contribution in [-0.2, 0) is 19.1 Å². The third-order valence-electron chi connectivity index (χ3n) is 5.10. The molecule has 2 atom stereocenters. The lowest BCUT2D eigenvalue weighted by molar-refractivity contribution is -0.163. The molecule has 0 amide bonds. The summed E-state index contributed by atoms with van der Waals surface area (Å²) >= 11 is 0. The van der Waals surface area contributed by atoms with Gasteiger partial charge in [0.2, 0.25) is 0 Å². The summed E-state index contributed by atoms with van der Waals surface area (Å²) in [6, 6.07) is 22.3. The van der Waals surface area contributed by atoms with E-state index in [1.54, 1.807) is 6.92 Å². The van der Waals surface area contributed by atoms with Crippen molar-refractivity contribution >= 4 is 22.7 Å². The van der Waals surface area contributed by atoms with E-state index in [9.17, 15) is 9.59 Å². The van der Waals surface area contributed by atoms with Crippen molar-refractivity contribution < 1.29 is 19.1 Å². The van der Waals surface area contributed by atoms with E-state index in [1.807, 2.05) is 62.4 Å². The van der Waals surface area contributed by atoms with Gasteiger partial charge in [-0.15, -0.1) is 0 Å². The number of ether oxygens (including phenoxy) is 2. The van der Waals surface area contributed by atoms with Crippen LogP contribution in [0.15, 0.2) is 66.7 Å². The van der Waals surface area contributed by atoms with E-state index in [1.165, 1.54) is 0 Å². The van der Waals surface area contributed by atoms with E-state index in [0.717, 1.165) is 27.5 Å². The second-order valence-corrected chi connectivity index (χ2v) is 7.20. The molecule has 150 valence electrons. The van der Waals surface area contributed by atoms with Gasteiger partial charge in [0, 0.05) is 5.56 Å². The van der Waals surface area contributed by atoms with Crippen molar-refractivity contribution in [2.45, 2.75) is 33.3 Å². The fourth-order valence-electron chi connectivity index (χ4n) is 3.20. The number of fused-ring (bicyclic) bond motifs is 1. The maximum absolute atomic E-state index is 12.3. The zero-order valence-electron chi connectivity index (χ0n) is 17.1. The number of benzene rings is 3. The molecule has 29 heavy (non-hydrogen) atoms. The van der Waals surface area contributed by atoms with E-state index < -0.39 is 12.1 Å². The molecule has 0 bridgehead atoms. The molecule has 0 aromatic heterocycles. The van der Waals surface area contributed by atoms with Crippen LogP contribution in [0.25, 0.3) is 21.9 Å². The van der Waals surface area contributed by atoms with Gasteiger partial charge in [-0.2, -0.15) is 0 Å². The normalized spacial score (nSPS) is 12.9. The van der Waals surface area contributed by atoms with Crippen molar-refractivity contribution in [1.82, 2.24) is 0 Å². The lowest BCUT2D eigenvalue weighted by atomic mass is 9.93. The lowest BCUT2D eigenvalue weighted by Crippen LogP contribution is -2.21. The number of carbonyl (C=O) groups excluding carboxylic acids is 2. The first-order chi connectivity index (χ1) is 14.0. The van der Waals surface area contributed by atoms with Crippen molar-refractivity contribution in [2.24, 2.45) is 5.92 Å². The Morgan fingerprint density at radius 2 is 1.52 bits per heavy atom. The van der Waals surface area contributed by atoms with E-state index in [2.05, 4.69) is 18.2 Å². The number of carbonyl (C=O) groups is 2. The average Bonchev–Trinajstić information content (AvgIpc) is 2.76. The molecule has 0 aliphatic carbocycles. The Hall–Kier alpha value is -3.14. The summed E-state index contributed by atoms with van der Waals surface area (Å²) in [6.45, 7) is 5.14. The van der Waals surface area contributed by atoms with Crippen LogP contribution in [0.1, 0.15) is 38.9 Å². The average molecular weight is 390 g/mol. The molecule has 0 saturated heterocycles. The van der Waals surface area contributed by atoms with Crippen LogP contribution < -0.4 is 0 Å². The lowest BCUT2D eigenvalue weighted by Gasteiger charge is -2.19. The molecule has 0 fully saturated rings. The largest absolute Gasteiger partial charge is 0.455 e. The molecule has 0 aliphatic heterocycles. The third kappa shape index (κ3) is 5.02. The van der Waals surface area contributed by atoms with Crippen LogP contribution in [0.3, 0.4) is 0 Å². The predicted octanol–water partition coefficient (Wildman–Crippen LogP) is 5.70. The highest BCUT2D eigenvalue weighted by Crippen LogP contribution is 2.34. The van der Waals surface area contributed by atoms with Crippen molar-refractivity contribution in [3.63, 3.8) is 0 Å². The van der Waals surface area contributed by atoms with Gasteiger partial charge in [-0.25, -0.2) is 4.79 Å². The van der Waals surface area contributed by atoms with Crippen molar-refractivity contribution in [1.29, 1.82) is 0 Å². The number of hydrogen-bond acceptors (Lipinski definition) is 4. The topological polar surface area (TPSA) is 52.6 Å². The summed E-state index contributed by atoms with van der Waals surface area (Å²) in [5.41, 5.74) is 2.98. The van der Waals surface area contributed by atoms with Crippen molar-refractivity contribution in [2.75, 3.05) is 6.61 Å². The Labute approximate surface area is 171 Å². The SMILES string of the molecule is CCC(C)C(=O)OCC(=O)OC(C)c1cc2ccccc2cc1-c1ccccc1. The standard InChI is InChI=1S/C25H26O4/c1-4-17(2)25(27)28-16-24(26)29-18(3)22-14-20-12-8-9-13-21(20)15-23(22)19-10-6-5-7-11-19/h5-15,17-18H,4,16H2,1-3H3. The maximum Gasteiger partial charge on any atom is 0.344 e. The molecule has 0 N–H and O–H groups in total. The van der Waals surface area contributed by atoms with E-state index in [4.69, 9.17) is 9.47 Å². The van der Waals surface area contributed by atoms with Gasteiger partial charge in [-0.05, 0) is 47.4 Å². The monoisotopic (exact) mass is 390 g/mol. The number of esters is 2. The predicted molar refractivity (Wildman–Crippen MR) is 114 cm³/mol. The highest BCUT2D eigenvalue weighted by atomic mass is 16.6. The van der Waals surface area contributed by atoms with Crippen LogP contribution in [-0.4, -0.2) is 18.5 Å². The number of rotatable bonds is 7. The van der Waals surface area contributed by atoms with E-state index >= 15 is 0 Å². The van der Waals surface area contributed by atoms with Gasteiger partial charge in [0.15, 0.2) is 6.61 Å². The first kappa shape index (κ1) is 20.6. The fourth-order valence-corrected chi connectivity index (χ4v) is 3.20. The van der Waals surface area contributed by atoms with Gasteiger partial charge >= 0.3 is 11.9 Å². The molecule has 0 radical (unpaired) electrons. The van der Waals surface area contributed by atoms with Gasteiger partial charge in [0.05, 0.1) is 5.92 Å². The Bertz CT molecular complexity index is 994. The van der Waals surface area contributed by atoms with Gasteiger partial charge in [0.1, 0.15) is 6.10 Å². The second kappa shape index (κ2) is 9.37. The third-order valence-corrected chi connectivity index (χ3v) is 5.10. The molecule has 3 rings (SSSR count). The van der Waals surface area contributed by atoms with Crippen LogP contribution in [0.2, 0.25) is 0 Å². The quantitative estimate of drug-likeness (QED) is 0.486. The molecule has 0 saturated carbocycles. The molecule has 0 heterocycles. The summed E-state index contributed by atoms with van der Waals surface area (Å²) in [5.74, 6) is -1.17. The minimum Gasteiger partial charge on any atom is -0.455 e. The summed E-state index contributed by atoms with van der Waals surface area (Å²) < 4.78 is 10.7. The van der Waals surface area contributed by atoms with E-state index in [0.29, 0.717) is 6.42 Å². The Morgan fingerprint density at radius 3 is 2.17 bits per heavy atom. The van der Waals surface area contributed by atoms with Gasteiger partial charge in [0.25, 0.3) is 0 Å². The van der Waals surface area contributed by atoms with Gasteiger partial charge in [-0.1, -0.05) is 68.4 Å². The molecular formula is C25H26O4. The molecule has 0 spiro atoms. The molecule has 4 nitrogen and oxygen atoms in total. The van der Waals surface area contributed by atoms with Crippen molar-refractivity contribution in [3.05, 3.63) is 72.3 Å². The zero-order chi connectivity index (χ0) is 20.8. The Morgan fingerprint density at radius 1 is 0.897 bits per heavy atom. The molecule has 3 aromatic carbocycles. The molecule has 4 heteroatoms. The summed E-state index contributed by atoms with van der Waals surface area (Å²) in [7, 11) is 0. The van der Waals surface area contributed by atoms with Crippen LogP contribution in [0, 0.1) is 5.92 Å². The van der Waals surface area contributed by atoms with Crippen LogP contribution in [0.5, 0.6) is 0 Å². The van der Waals surface area contributed by atoms with E-state index in [-0.39, 0.29) is 18.5 Å². The van der Waals surface area contributed by atoms with Gasteiger partial charge < -0.3 is 9.47 Å². The molecule has 3 aromatic rings. The summed E-state index contributed by atoms with van der Waals surface area (Å²) in [4.78, 5) is 24.0. The van der Waals surface area contributed by atoms with Crippen LogP contribution in [0.4, 0.5) is 0 Å². The minimum absolute atomic E-state index is 0.231. The number of hydrogen-bond donors (Lipinski definition) is 0. The van der Waals surface area contributed by atoms with Gasteiger partial charge in [-0.3, -0.25) is 4.79 Å². The fraction of sp³-hybridized carbons (Fsp3) is 0.280. The summed E-state index contributed by atoms with van der Waals surface area (Å²) in [5, 5.41) is 2.20. The highest BCUT2D eigenvalue weighted by molar-refractivity contribution is 5.89. The molecular weight excluding hydrogens is 364 g/mol. The second-order valence-electron chi connectivity index (χ2n) is 7.20. The summed E-state index contributed by atoms with van der Waals surface area (Å²) in [6.07, 6.45) is 0.187. The molecule has 2 unspecified atom stereocenters. The van der Waals surface area contributed by atoms with Crippen LogP contribution >= 0.6 is 0 Å². The Kier molecular flexibility index (Phi) is 6.65.